The number of imide groups is 1. The molecule has 2 amide bonds. The number of carbonyl (C=O) groups is 4. The summed E-state index contributed by atoms with van der Waals surface area (Å²) in [5, 5.41) is 0. The molecule has 192 valence electrons. The summed E-state index contributed by atoms with van der Waals surface area (Å²) in [5.74, 6) is -4.36. The van der Waals surface area contributed by atoms with Crippen molar-refractivity contribution in [3.63, 3.8) is 0 Å². The molecule has 0 aromatic heterocycles. The predicted octanol–water partition coefficient (Wildman–Crippen LogP) is 4.78. The van der Waals surface area contributed by atoms with Crippen molar-refractivity contribution >= 4 is 46.8 Å². The van der Waals surface area contributed by atoms with Crippen molar-refractivity contribution in [2.24, 2.45) is 11.8 Å². The number of alkyl halides is 2. The quantitative estimate of drug-likeness (QED) is 0.192. The van der Waals surface area contributed by atoms with Crippen LogP contribution in [0.15, 0.2) is 78.9 Å². The number of esters is 1. The van der Waals surface area contributed by atoms with Gasteiger partial charge in [0.1, 0.15) is 16.3 Å². The Morgan fingerprint density at radius 3 is 1.63 bits per heavy atom. The lowest BCUT2D eigenvalue weighted by Gasteiger charge is -2.54. The van der Waals surface area contributed by atoms with Crippen molar-refractivity contribution in [3.8, 4) is 0 Å². The maximum Gasteiger partial charge on any atom is 0.326 e. The van der Waals surface area contributed by atoms with Gasteiger partial charge >= 0.3 is 5.97 Å². The number of halogens is 2. The molecule has 2 bridgehead atoms. The van der Waals surface area contributed by atoms with E-state index in [9.17, 15) is 19.2 Å². The lowest BCUT2D eigenvalue weighted by Crippen LogP contribution is -2.57. The molecule has 1 fully saturated rings. The molecule has 0 saturated carbocycles. The van der Waals surface area contributed by atoms with Crippen LogP contribution in [-0.2, 0) is 28.9 Å². The Bertz CT molecular complexity index is 1380. The zero-order valence-corrected chi connectivity index (χ0v) is 21.9. The molecule has 6 nitrogen and oxygen atoms in total. The van der Waals surface area contributed by atoms with Crippen molar-refractivity contribution in [2.75, 3.05) is 6.54 Å². The minimum Gasteiger partial charge on any atom is -0.453 e. The fourth-order valence-corrected chi connectivity index (χ4v) is 7.41. The van der Waals surface area contributed by atoms with Crippen LogP contribution in [0.5, 0.6) is 0 Å². The van der Waals surface area contributed by atoms with E-state index in [0.717, 1.165) is 4.90 Å². The van der Waals surface area contributed by atoms with Gasteiger partial charge in [-0.1, -0.05) is 85.8 Å². The van der Waals surface area contributed by atoms with Gasteiger partial charge in [0.25, 0.3) is 0 Å². The van der Waals surface area contributed by atoms with Crippen molar-refractivity contribution < 1.29 is 23.9 Å². The van der Waals surface area contributed by atoms with E-state index in [4.69, 9.17) is 27.9 Å². The number of ether oxygens (including phenoxy) is 1. The largest absolute Gasteiger partial charge is 0.453 e. The van der Waals surface area contributed by atoms with E-state index in [1.165, 1.54) is 0 Å². The summed E-state index contributed by atoms with van der Waals surface area (Å²) >= 11 is 14.8. The molecule has 1 saturated heterocycles. The normalized spacial score (nSPS) is 27.4. The number of ketones is 1. The van der Waals surface area contributed by atoms with E-state index in [2.05, 4.69) is 0 Å². The molecule has 3 aromatic rings. The standard InChI is InChI=1S/C30H23Cl2NO5/c1-2-22(26(35)17-10-4-3-5-11-17)38-23(34)16-33-27(36)24-25(28(33)37)30(32)19-13-7-6-12-18(19)29(24,31)20-14-8-9-15-21(20)30/h3-15,22,24-25H,2,16H2,1H3/t22-,24-,25-,29?,30?/m0/s1. The Morgan fingerprint density at radius 2 is 1.21 bits per heavy atom. The SMILES string of the molecule is CC[C@H](OC(=O)CN1C(=O)[C@@H]2[C@@H](C1=O)C1(Cl)c3ccccc3C2(Cl)c2ccccc21)C(=O)c1ccccc1. The van der Waals surface area contributed by atoms with Crippen LogP contribution in [0.25, 0.3) is 0 Å². The highest BCUT2D eigenvalue weighted by atomic mass is 35.5. The summed E-state index contributed by atoms with van der Waals surface area (Å²) in [6.45, 7) is 1.09. The maximum atomic E-state index is 13.8. The van der Waals surface area contributed by atoms with Crippen molar-refractivity contribution in [2.45, 2.75) is 29.2 Å². The van der Waals surface area contributed by atoms with Crippen LogP contribution >= 0.6 is 23.2 Å². The van der Waals surface area contributed by atoms with Gasteiger partial charge in [0, 0.05) is 5.56 Å². The summed E-state index contributed by atoms with van der Waals surface area (Å²) < 4.78 is 5.47. The lowest BCUT2D eigenvalue weighted by atomic mass is 9.54. The van der Waals surface area contributed by atoms with Gasteiger partial charge in [-0.05, 0) is 28.7 Å². The fourth-order valence-electron chi connectivity index (χ4n) is 6.32. The van der Waals surface area contributed by atoms with Crippen LogP contribution in [0.2, 0.25) is 0 Å². The Kier molecular flexibility index (Phi) is 5.74. The minimum atomic E-state index is -1.32. The Morgan fingerprint density at radius 1 is 0.789 bits per heavy atom. The first kappa shape index (κ1) is 24.8. The molecule has 1 aliphatic heterocycles. The average Bonchev–Trinajstić information content (AvgIpc) is 3.20. The van der Waals surface area contributed by atoms with Crippen LogP contribution in [0.4, 0.5) is 0 Å². The molecule has 3 aliphatic carbocycles. The topological polar surface area (TPSA) is 80.8 Å². The zero-order valence-electron chi connectivity index (χ0n) is 20.4. The van der Waals surface area contributed by atoms with Crippen LogP contribution in [0.1, 0.15) is 46.0 Å². The van der Waals surface area contributed by atoms with E-state index >= 15 is 0 Å². The fraction of sp³-hybridized carbons (Fsp3) is 0.267. The molecule has 0 unspecified atom stereocenters. The van der Waals surface area contributed by atoms with E-state index in [1.807, 2.05) is 48.5 Å². The van der Waals surface area contributed by atoms with E-state index < -0.39 is 52.0 Å². The first-order valence-electron chi connectivity index (χ1n) is 12.5. The first-order chi connectivity index (χ1) is 18.2. The van der Waals surface area contributed by atoms with Crippen LogP contribution in [-0.4, -0.2) is 41.1 Å². The monoisotopic (exact) mass is 547 g/mol. The van der Waals surface area contributed by atoms with Gasteiger partial charge in [0.05, 0.1) is 11.8 Å². The summed E-state index contributed by atoms with van der Waals surface area (Å²) in [5.41, 5.74) is 3.14. The second-order valence-corrected chi connectivity index (χ2v) is 11.0. The molecule has 0 radical (unpaired) electrons. The summed E-state index contributed by atoms with van der Waals surface area (Å²) in [4.78, 5) is 51.8. The van der Waals surface area contributed by atoms with Crippen molar-refractivity contribution in [1.82, 2.24) is 4.90 Å². The summed E-state index contributed by atoms with van der Waals surface area (Å²) in [6, 6.07) is 23.1. The molecule has 8 heteroatoms. The Balaban J connectivity index is 1.33. The van der Waals surface area contributed by atoms with Gasteiger partial charge in [-0.2, -0.15) is 0 Å². The second kappa shape index (κ2) is 8.79. The smallest absolute Gasteiger partial charge is 0.326 e. The van der Waals surface area contributed by atoms with E-state index in [1.54, 1.807) is 37.3 Å². The summed E-state index contributed by atoms with van der Waals surface area (Å²) in [6.07, 6.45) is -0.796. The number of amides is 2. The maximum absolute atomic E-state index is 13.8. The zero-order chi connectivity index (χ0) is 26.8. The Labute approximate surface area is 229 Å². The number of nitrogens with zero attached hydrogens (tertiary/aromatic N) is 1. The molecule has 3 aromatic carbocycles. The van der Waals surface area contributed by atoms with E-state index in [0.29, 0.717) is 27.8 Å². The number of rotatable bonds is 6. The lowest BCUT2D eigenvalue weighted by molar-refractivity contribution is -0.155. The summed E-state index contributed by atoms with van der Waals surface area (Å²) in [7, 11) is 0. The molecule has 3 atom stereocenters. The highest BCUT2D eigenvalue weighted by molar-refractivity contribution is 6.36. The highest BCUT2D eigenvalue weighted by Crippen LogP contribution is 2.69. The van der Waals surface area contributed by atoms with Crippen LogP contribution in [0.3, 0.4) is 0 Å². The molecule has 4 aliphatic rings. The van der Waals surface area contributed by atoms with Crippen molar-refractivity contribution in [1.29, 1.82) is 0 Å². The third-order valence-corrected chi connectivity index (χ3v) is 9.24. The van der Waals surface area contributed by atoms with E-state index in [-0.39, 0.29) is 12.2 Å². The predicted molar refractivity (Wildman–Crippen MR) is 141 cm³/mol. The van der Waals surface area contributed by atoms with Gasteiger partial charge in [0.15, 0.2) is 6.10 Å². The number of Topliss-reactive ketones (excluding diaryl/α,β-unsaturated/α-hetero) is 1. The number of carbonyl (C=O) groups excluding carboxylic acids is 4. The van der Waals surface area contributed by atoms with Gasteiger partial charge in [-0.3, -0.25) is 24.1 Å². The molecular weight excluding hydrogens is 525 g/mol. The van der Waals surface area contributed by atoms with Gasteiger partial charge in [0.2, 0.25) is 17.6 Å². The number of hydrogen-bond donors (Lipinski definition) is 0. The number of hydrogen-bond acceptors (Lipinski definition) is 5. The molecular formula is C30H23Cl2NO5. The second-order valence-electron chi connectivity index (χ2n) is 9.85. The number of likely N-dealkylation sites (tertiary alicyclic amines) is 1. The average molecular weight is 548 g/mol. The van der Waals surface area contributed by atoms with Crippen LogP contribution in [0, 0.1) is 11.8 Å². The number of benzene rings is 3. The molecule has 38 heavy (non-hydrogen) atoms. The van der Waals surface area contributed by atoms with Crippen molar-refractivity contribution in [3.05, 3.63) is 107 Å². The van der Waals surface area contributed by atoms with Gasteiger partial charge in [-0.15, -0.1) is 23.2 Å². The van der Waals surface area contributed by atoms with Crippen LogP contribution < -0.4 is 0 Å². The molecule has 7 rings (SSSR count). The first-order valence-corrected chi connectivity index (χ1v) is 13.2. The third-order valence-electron chi connectivity index (χ3n) is 7.96. The molecule has 1 heterocycles. The minimum absolute atomic E-state index is 0.243. The third kappa shape index (κ3) is 3.20. The van der Waals surface area contributed by atoms with Gasteiger partial charge < -0.3 is 4.74 Å². The van der Waals surface area contributed by atoms with Gasteiger partial charge in [-0.25, -0.2) is 0 Å². The Hall–Kier alpha value is -3.48. The molecule has 0 spiro atoms. The highest BCUT2D eigenvalue weighted by Gasteiger charge is 2.73. The molecule has 0 N–H and O–H groups in total.